The molecular formula is C11H10F2N4O2. The molecule has 0 unspecified atom stereocenters. The van der Waals surface area contributed by atoms with Gasteiger partial charge in [-0.15, -0.1) is 0 Å². The van der Waals surface area contributed by atoms with Gasteiger partial charge in [0.25, 0.3) is 0 Å². The van der Waals surface area contributed by atoms with Gasteiger partial charge < -0.3 is 16.4 Å². The lowest BCUT2D eigenvalue weighted by atomic mass is 10.1. The molecule has 0 aromatic heterocycles. The summed E-state index contributed by atoms with van der Waals surface area (Å²) < 4.78 is 27.2. The zero-order valence-corrected chi connectivity index (χ0v) is 9.69. The largest absolute Gasteiger partial charge is 0.368 e. The van der Waals surface area contributed by atoms with Crippen LogP contribution in [0.25, 0.3) is 0 Å². The molecule has 8 heteroatoms. The van der Waals surface area contributed by atoms with Crippen LogP contribution < -0.4 is 16.4 Å². The van der Waals surface area contributed by atoms with Gasteiger partial charge in [0.05, 0.1) is 24.3 Å². The van der Waals surface area contributed by atoms with Gasteiger partial charge in [-0.1, -0.05) is 0 Å². The lowest BCUT2D eigenvalue weighted by Gasteiger charge is -2.22. The molecule has 100 valence electrons. The molecule has 1 aromatic carbocycles. The first kappa shape index (κ1) is 14.4. The predicted octanol–water partition coefficient (Wildman–Crippen LogP) is -0.387. The minimum atomic E-state index is -1.36. The monoisotopic (exact) mass is 268 g/mol. The highest BCUT2D eigenvalue weighted by atomic mass is 19.2. The van der Waals surface area contributed by atoms with Crippen LogP contribution in [-0.2, 0) is 9.59 Å². The van der Waals surface area contributed by atoms with Gasteiger partial charge in [0.15, 0.2) is 11.6 Å². The number of hydrogen-bond acceptors (Lipinski definition) is 4. The van der Waals surface area contributed by atoms with E-state index in [9.17, 15) is 18.4 Å². The molecule has 6 nitrogen and oxygen atoms in total. The van der Waals surface area contributed by atoms with Crippen LogP contribution in [0.15, 0.2) is 12.1 Å². The average molecular weight is 268 g/mol. The van der Waals surface area contributed by atoms with Crippen LogP contribution in [0.5, 0.6) is 0 Å². The number of carbonyl (C=O) groups excluding carboxylic acids is 2. The number of anilines is 1. The van der Waals surface area contributed by atoms with Crippen molar-refractivity contribution in [1.82, 2.24) is 0 Å². The summed E-state index contributed by atoms with van der Waals surface area (Å²) in [6.45, 7) is -1.02. The molecule has 2 amide bonds. The van der Waals surface area contributed by atoms with Gasteiger partial charge in [0.2, 0.25) is 11.8 Å². The number of nitriles is 1. The molecule has 0 saturated carbocycles. The molecule has 0 spiro atoms. The van der Waals surface area contributed by atoms with Crippen molar-refractivity contribution in [2.24, 2.45) is 11.5 Å². The molecule has 1 rings (SSSR count). The Bertz CT molecular complexity index is 553. The van der Waals surface area contributed by atoms with E-state index in [1.165, 1.54) is 6.07 Å². The molecule has 1 aromatic rings. The Labute approximate surface area is 107 Å². The third-order valence-electron chi connectivity index (χ3n) is 2.22. The van der Waals surface area contributed by atoms with Gasteiger partial charge in [0.1, 0.15) is 6.07 Å². The lowest BCUT2D eigenvalue weighted by molar-refractivity contribution is -0.117. The summed E-state index contributed by atoms with van der Waals surface area (Å²) in [6, 6.07) is 3.57. The maximum atomic E-state index is 13.7. The molecule has 0 aliphatic heterocycles. The molecule has 0 aliphatic carbocycles. The Hall–Kier alpha value is -2.69. The highest BCUT2D eigenvalue weighted by Gasteiger charge is 2.20. The first-order valence-corrected chi connectivity index (χ1v) is 5.06. The van der Waals surface area contributed by atoms with Crippen molar-refractivity contribution in [3.8, 4) is 6.07 Å². The maximum absolute atomic E-state index is 13.7. The minimum absolute atomic E-state index is 0.367. The first-order chi connectivity index (χ1) is 8.86. The van der Waals surface area contributed by atoms with Crippen LogP contribution in [0, 0.1) is 23.0 Å². The fourth-order valence-electron chi connectivity index (χ4n) is 1.47. The molecular weight excluding hydrogens is 258 g/mol. The number of primary amides is 2. The number of nitrogens with two attached hydrogens (primary N) is 2. The summed E-state index contributed by atoms with van der Waals surface area (Å²) in [5.74, 6) is -4.39. The molecule has 0 heterocycles. The predicted molar refractivity (Wildman–Crippen MR) is 61.7 cm³/mol. The van der Waals surface area contributed by atoms with E-state index < -0.39 is 42.1 Å². The summed E-state index contributed by atoms with van der Waals surface area (Å²) >= 11 is 0. The van der Waals surface area contributed by atoms with Crippen LogP contribution in [0.2, 0.25) is 0 Å². The van der Waals surface area contributed by atoms with Crippen LogP contribution >= 0.6 is 0 Å². The van der Waals surface area contributed by atoms with E-state index in [1.54, 1.807) is 0 Å². The number of halogens is 2. The summed E-state index contributed by atoms with van der Waals surface area (Å²) in [5, 5.41) is 8.54. The number of carbonyl (C=O) groups is 2. The fraction of sp³-hybridized carbons (Fsp3) is 0.182. The van der Waals surface area contributed by atoms with Crippen LogP contribution in [-0.4, -0.2) is 24.9 Å². The third-order valence-corrected chi connectivity index (χ3v) is 2.22. The second-order valence-electron chi connectivity index (χ2n) is 3.66. The van der Waals surface area contributed by atoms with Crippen molar-refractivity contribution in [3.05, 3.63) is 29.3 Å². The van der Waals surface area contributed by atoms with Crippen molar-refractivity contribution >= 4 is 17.5 Å². The number of amides is 2. The van der Waals surface area contributed by atoms with Crippen molar-refractivity contribution in [1.29, 1.82) is 5.26 Å². The topological polar surface area (TPSA) is 113 Å². The zero-order chi connectivity index (χ0) is 14.6. The van der Waals surface area contributed by atoms with E-state index in [-0.39, 0.29) is 5.69 Å². The number of benzene rings is 1. The van der Waals surface area contributed by atoms with Crippen LogP contribution in [0.1, 0.15) is 5.56 Å². The van der Waals surface area contributed by atoms with Crippen molar-refractivity contribution in [2.45, 2.75) is 0 Å². The van der Waals surface area contributed by atoms with Crippen molar-refractivity contribution in [2.75, 3.05) is 18.0 Å². The van der Waals surface area contributed by atoms with Gasteiger partial charge in [0, 0.05) is 0 Å². The van der Waals surface area contributed by atoms with E-state index in [0.29, 0.717) is 0 Å². The number of hydrogen-bond donors (Lipinski definition) is 2. The average Bonchev–Trinajstić information content (AvgIpc) is 2.30. The summed E-state index contributed by atoms with van der Waals surface area (Å²) in [4.78, 5) is 22.6. The molecule has 0 atom stereocenters. The first-order valence-electron chi connectivity index (χ1n) is 5.06. The molecule has 0 fully saturated rings. The van der Waals surface area contributed by atoms with Crippen molar-refractivity contribution in [3.63, 3.8) is 0 Å². The highest BCUT2D eigenvalue weighted by molar-refractivity contribution is 5.85. The van der Waals surface area contributed by atoms with E-state index in [4.69, 9.17) is 16.7 Å². The summed E-state index contributed by atoms with van der Waals surface area (Å²) in [6.07, 6.45) is 0. The maximum Gasteiger partial charge on any atom is 0.236 e. The Morgan fingerprint density at radius 2 is 1.68 bits per heavy atom. The van der Waals surface area contributed by atoms with Gasteiger partial charge in [-0.05, 0) is 12.1 Å². The Kier molecular flexibility index (Phi) is 4.36. The Morgan fingerprint density at radius 3 is 2.11 bits per heavy atom. The van der Waals surface area contributed by atoms with Crippen LogP contribution in [0.3, 0.4) is 0 Å². The van der Waals surface area contributed by atoms with E-state index in [1.807, 2.05) is 0 Å². The normalized spacial score (nSPS) is 9.74. The second kappa shape index (κ2) is 5.77. The Morgan fingerprint density at radius 1 is 1.16 bits per heavy atom. The van der Waals surface area contributed by atoms with Crippen molar-refractivity contribution < 1.29 is 18.4 Å². The van der Waals surface area contributed by atoms with Gasteiger partial charge in [-0.3, -0.25) is 9.59 Å². The molecule has 0 radical (unpaired) electrons. The second-order valence-corrected chi connectivity index (χ2v) is 3.66. The minimum Gasteiger partial charge on any atom is -0.368 e. The van der Waals surface area contributed by atoms with E-state index in [0.717, 1.165) is 17.0 Å². The van der Waals surface area contributed by atoms with Crippen LogP contribution in [0.4, 0.5) is 14.5 Å². The quantitative estimate of drug-likeness (QED) is 0.757. The fourth-order valence-corrected chi connectivity index (χ4v) is 1.47. The van der Waals surface area contributed by atoms with Gasteiger partial charge in [-0.2, -0.15) is 5.26 Å². The lowest BCUT2D eigenvalue weighted by Crippen LogP contribution is -2.40. The standard InChI is InChI=1S/C11H10F2N4O2/c12-10-6(3-14)1-2-7(11(10)13)17(4-8(15)18)5-9(16)19/h1-2H,4-5H2,(H2,15,18)(H2,16,19). The smallest absolute Gasteiger partial charge is 0.236 e. The molecule has 0 aliphatic rings. The number of rotatable bonds is 5. The van der Waals surface area contributed by atoms with E-state index in [2.05, 4.69) is 0 Å². The van der Waals surface area contributed by atoms with Gasteiger partial charge >= 0.3 is 0 Å². The molecule has 4 N–H and O–H groups in total. The highest BCUT2D eigenvalue weighted by Crippen LogP contribution is 2.23. The Balaban J connectivity index is 3.23. The zero-order valence-electron chi connectivity index (χ0n) is 9.69. The third kappa shape index (κ3) is 3.38. The summed E-state index contributed by atoms with van der Waals surface area (Å²) in [7, 11) is 0. The van der Waals surface area contributed by atoms with E-state index >= 15 is 0 Å². The molecule has 0 bridgehead atoms. The molecule has 0 saturated heterocycles. The number of nitrogens with zero attached hydrogens (tertiary/aromatic N) is 2. The SMILES string of the molecule is N#Cc1ccc(N(CC(N)=O)CC(N)=O)c(F)c1F. The van der Waals surface area contributed by atoms with Gasteiger partial charge in [-0.25, -0.2) is 8.78 Å². The molecule has 19 heavy (non-hydrogen) atoms. The summed E-state index contributed by atoms with van der Waals surface area (Å²) in [5.41, 5.74) is 9.05.